The Bertz CT molecular complexity index is 226. The van der Waals surface area contributed by atoms with Gasteiger partial charge in [0.05, 0.1) is 12.2 Å². The van der Waals surface area contributed by atoms with Gasteiger partial charge in [0.25, 0.3) is 0 Å². The summed E-state index contributed by atoms with van der Waals surface area (Å²) in [5.41, 5.74) is 5.08. The van der Waals surface area contributed by atoms with Crippen LogP contribution in [0.4, 0.5) is 0 Å². The van der Waals surface area contributed by atoms with E-state index in [2.05, 4.69) is 11.0 Å². The zero-order valence-electron chi connectivity index (χ0n) is 9.70. The Morgan fingerprint density at radius 1 is 1.53 bits per heavy atom. The van der Waals surface area contributed by atoms with Gasteiger partial charge in [0, 0.05) is 26.2 Å². The van der Waals surface area contributed by atoms with Crippen molar-refractivity contribution in [2.45, 2.75) is 38.3 Å². The molecule has 1 unspecified atom stereocenters. The summed E-state index contributed by atoms with van der Waals surface area (Å²) >= 11 is 0. The van der Waals surface area contributed by atoms with E-state index in [0.717, 1.165) is 32.5 Å². The summed E-state index contributed by atoms with van der Waals surface area (Å²) in [5.74, 6) is 0. The number of nitrogens with two attached hydrogens (primary N) is 1. The molecule has 0 spiro atoms. The van der Waals surface area contributed by atoms with Crippen LogP contribution in [0.15, 0.2) is 0 Å². The highest BCUT2D eigenvalue weighted by atomic mass is 16.5. The van der Waals surface area contributed by atoms with Crippen molar-refractivity contribution in [3.8, 4) is 6.07 Å². The molecule has 0 amide bonds. The highest BCUT2D eigenvalue weighted by Gasteiger charge is 2.25. The predicted octanol–water partition coefficient (Wildman–Crippen LogP) is 0.728. The van der Waals surface area contributed by atoms with Crippen LogP contribution < -0.4 is 5.73 Å². The molecule has 0 aromatic heterocycles. The first kappa shape index (κ1) is 12.4. The predicted molar refractivity (Wildman–Crippen MR) is 59.3 cm³/mol. The molecule has 4 heteroatoms. The number of nitrogens with zero attached hydrogens (tertiary/aromatic N) is 2. The molecule has 4 nitrogen and oxygen atoms in total. The van der Waals surface area contributed by atoms with Gasteiger partial charge in [0.15, 0.2) is 0 Å². The minimum atomic E-state index is -0.724. The van der Waals surface area contributed by atoms with Gasteiger partial charge in [-0.15, -0.1) is 0 Å². The monoisotopic (exact) mass is 211 g/mol. The van der Waals surface area contributed by atoms with Crippen LogP contribution in [0.1, 0.15) is 26.7 Å². The van der Waals surface area contributed by atoms with E-state index in [1.54, 1.807) is 6.92 Å². The number of likely N-dealkylation sites (tertiary alicyclic amines) is 1. The third-order valence-corrected chi connectivity index (χ3v) is 2.74. The van der Waals surface area contributed by atoms with Crippen LogP contribution in [-0.2, 0) is 4.74 Å². The number of nitriles is 1. The van der Waals surface area contributed by atoms with Crippen molar-refractivity contribution in [3.63, 3.8) is 0 Å². The molecule has 1 aliphatic rings. The summed E-state index contributed by atoms with van der Waals surface area (Å²) in [5, 5.41) is 8.83. The molecule has 0 saturated carbocycles. The minimum absolute atomic E-state index is 0.400. The van der Waals surface area contributed by atoms with Crippen LogP contribution >= 0.6 is 0 Å². The molecule has 15 heavy (non-hydrogen) atoms. The SMILES string of the molecule is CCOC1CCN(CC(C)(N)C#N)CC1. The first-order chi connectivity index (χ1) is 7.07. The lowest BCUT2D eigenvalue weighted by Gasteiger charge is -2.34. The van der Waals surface area contributed by atoms with Crippen molar-refractivity contribution >= 4 is 0 Å². The summed E-state index contributed by atoms with van der Waals surface area (Å²) in [7, 11) is 0. The summed E-state index contributed by atoms with van der Waals surface area (Å²) < 4.78 is 5.56. The molecule has 0 radical (unpaired) electrons. The van der Waals surface area contributed by atoms with E-state index in [1.807, 2.05) is 6.92 Å². The van der Waals surface area contributed by atoms with Crippen molar-refractivity contribution < 1.29 is 4.74 Å². The molecule has 0 bridgehead atoms. The molecule has 86 valence electrons. The van der Waals surface area contributed by atoms with Gasteiger partial charge < -0.3 is 15.4 Å². The van der Waals surface area contributed by atoms with Crippen molar-refractivity contribution in [1.29, 1.82) is 5.26 Å². The van der Waals surface area contributed by atoms with E-state index in [-0.39, 0.29) is 0 Å². The second kappa shape index (κ2) is 5.45. The maximum atomic E-state index is 8.83. The summed E-state index contributed by atoms with van der Waals surface area (Å²) in [6.45, 7) is 7.22. The van der Waals surface area contributed by atoms with Crippen molar-refractivity contribution in [2.75, 3.05) is 26.2 Å². The zero-order valence-corrected chi connectivity index (χ0v) is 9.70. The Morgan fingerprint density at radius 3 is 2.60 bits per heavy atom. The van der Waals surface area contributed by atoms with Crippen molar-refractivity contribution in [2.24, 2.45) is 5.73 Å². The van der Waals surface area contributed by atoms with Crippen LogP contribution in [0.2, 0.25) is 0 Å². The Labute approximate surface area is 92.0 Å². The van der Waals surface area contributed by atoms with E-state index >= 15 is 0 Å². The smallest absolute Gasteiger partial charge is 0.114 e. The minimum Gasteiger partial charge on any atom is -0.378 e. The molecule has 1 atom stereocenters. The fourth-order valence-corrected chi connectivity index (χ4v) is 1.97. The van der Waals surface area contributed by atoms with Crippen LogP contribution in [0, 0.1) is 11.3 Å². The molecule has 0 aliphatic carbocycles. The molecule has 0 aromatic carbocycles. The summed E-state index contributed by atoms with van der Waals surface area (Å²) in [4.78, 5) is 2.25. The van der Waals surface area contributed by atoms with Gasteiger partial charge in [0.1, 0.15) is 5.54 Å². The van der Waals surface area contributed by atoms with Crippen LogP contribution in [-0.4, -0.2) is 42.8 Å². The van der Waals surface area contributed by atoms with E-state index in [9.17, 15) is 0 Å². The molecular weight excluding hydrogens is 190 g/mol. The van der Waals surface area contributed by atoms with Gasteiger partial charge in [-0.3, -0.25) is 0 Å². The summed E-state index contributed by atoms with van der Waals surface area (Å²) in [6.07, 6.45) is 2.50. The number of piperidine rings is 1. The largest absolute Gasteiger partial charge is 0.378 e. The maximum absolute atomic E-state index is 8.83. The fraction of sp³-hybridized carbons (Fsp3) is 0.909. The third kappa shape index (κ3) is 4.17. The summed E-state index contributed by atoms with van der Waals surface area (Å²) in [6, 6.07) is 2.13. The number of rotatable bonds is 4. The van der Waals surface area contributed by atoms with Crippen molar-refractivity contribution in [3.05, 3.63) is 0 Å². The van der Waals surface area contributed by atoms with E-state index in [0.29, 0.717) is 12.6 Å². The number of ether oxygens (including phenoxy) is 1. The average Bonchev–Trinajstić information content (AvgIpc) is 2.21. The zero-order chi connectivity index (χ0) is 11.3. The average molecular weight is 211 g/mol. The first-order valence-corrected chi connectivity index (χ1v) is 5.61. The molecule has 2 N–H and O–H groups in total. The van der Waals surface area contributed by atoms with Crippen LogP contribution in [0.25, 0.3) is 0 Å². The molecule has 1 rings (SSSR count). The highest BCUT2D eigenvalue weighted by Crippen LogP contribution is 2.15. The van der Waals surface area contributed by atoms with E-state index in [4.69, 9.17) is 15.7 Å². The van der Waals surface area contributed by atoms with Gasteiger partial charge in [-0.2, -0.15) is 5.26 Å². The van der Waals surface area contributed by atoms with Crippen LogP contribution in [0.3, 0.4) is 0 Å². The third-order valence-electron chi connectivity index (χ3n) is 2.74. The quantitative estimate of drug-likeness (QED) is 0.744. The lowest BCUT2D eigenvalue weighted by atomic mass is 10.0. The lowest BCUT2D eigenvalue weighted by molar-refractivity contribution is 0.0119. The van der Waals surface area contributed by atoms with E-state index < -0.39 is 5.54 Å². The topological polar surface area (TPSA) is 62.3 Å². The molecule has 1 saturated heterocycles. The number of hydrogen-bond acceptors (Lipinski definition) is 4. The molecule has 0 aromatic rings. The maximum Gasteiger partial charge on any atom is 0.114 e. The lowest BCUT2D eigenvalue weighted by Crippen LogP contribution is -2.49. The standard InChI is InChI=1S/C11H21N3O/c1-3-15-10-4-6-14(7-5-10)9-11(2,13)8-12/h10H,3-7,9,13H2,1-2H3. The molecule has 1 heterocycles. The Hall–Kier alpha value is -0.630. The Kier molecular flexibility index (Phi) is 4.52. The number of hydrogen-bond donors (Lipinski definition) is 1. The molecule has 1 aliphatic heterocycles. The van der Waals surface area contributed by atoms with Gasteiger partial charge >= 0.3 is 0 Å². The van der Waals surface area contributed by atoms with Gasteiger partial charge in [0.2, 0.25) is 0 Å². The Morgan fingerprint density at radius 2 is 2.13 bits per heavy atom. The Balaban J connectivity index is 2.29. The molecular formula is C11H21N3O. The second-order valence-corrected chi connectivity index (χ2v) is 4.46. The van der Waals surface area contributed by atoms with Gasteiger partial charge in [-0.25, -0.2) is 0 Å². The van der Waals surface area contributed by atoms with Gasteiger partial charge in [-0.1, -0.05) is 0 Å². The van der Waals surface area contributed by atoms with Crippen LogP contribution in [0.5, 0.6) is 0 Å². The highest BCUT2D eigenvalue weighted by molar-refractivity contribution is 5.03. The second-order valence-electron chi connectivity index (χ2n) is 4.46. The normalized spacial score (nSPS) is 23.3. The van der Waals surface area contributed by atoms with E-state index in [1.165, 1.54) is 0 Å². The first-order valence-electron chi connectivity index (χ1n) is 5.61. The fourth-order valence-electron chi connectivity index (χ4n) is 1.97. The molecule has 1 fully saturated rings. The van der Waals surface area contributed by atoms with Crippen molar-refractivity contribution in [1.82, 2.24) is 4.90 Å². The van der Waals surface area contributed by atoms with Gasteiger partial charge in [-0.05, 0) is 26.7 Å².